The average Bonchev–Trinajstić information content (AvgIpc) is 2.93. The summed E-state index contributed by atoms with van der Waals surface area (Å²) in [5, 5.41) is 0. The fourth-order valence-corrected chi connectivity index (χ4v) is 2.32. The summed E-state index contributed by atoms with van der Waals surface area (Å²) in [5.41, 5.74) is -1.41. The second kappa shape index (κ2) is 14.6. The number of carbonyl (C=O) groups is 2. The Hall–Kier alpha value is -3.33. The maximum absolute atomic E-state index is 13.2. The Balaban J connectivity index is 0. The molecule has 0 aromatic carbocycles. The molecule has 0 rings (SSSR count). The number of ether oxygens (including phenoxy) is 2. The van der Waals surface area contributed by atoms with Crippen LogP contribution in [0.3, 0.4) is 0 Å². The van der Waals surface area contributed by atoms with E-state index in [0.29, 0.717) is 0 Å². The van der Waals surface area contributed by atoms with Crippen LogP contribution in [-0.4, -0.2) is 97.0 Å². The molecule has 0 spiro atoms. The van der Waals surface area contributed by atoms with E-state index in [9.17, 15) is 119 Å². The molecule has 0 aliphatic rings. The van der Waals surface area contributed by atoms with E-state index in [1.165, 1.54) is 0 Å². The lowest BCUT2D eigenvalue weighted by molar-refractivity contribution is -0.441. The van der Waals surface area contributed by atoms with Gasteiger partial charge in [0.15, 0.2) is 13.2 Å². The van der Waals surface area contributed by atoms with Crippen LogP contribution < -0.4 is 0 Å². The van der Waals surface area contributed by atoms with E-state index in [1.54, 1.807) is 0 Å². The van der Waals surface area contributed by atoms with Gasteiger partial charge >= 0.3 is 83.8 Å². The van der Waals surface area contributed by atoms with E-state index < -0.39 is 108 Å². The Morgan fingerprint density at radius 3 is 0.902 bits per heavy atom. The molecule has 0 heterocycles. The zero-order valence-electron chi connectivity index (χ0n) is 24.0. The van der Waals surface area contributed by atoms with Crippen molar-refractivity contribution < 1.29 is 129 Å². The summed E-state index contributed by atoms with van der Waals surface area (Å²) in [6.45, 7) is 1.18. The van der Waals surface area contributed by atoms with E-state index >= 15 is 0 Å². The zero-order valence-corrected chi connectivity index (χ0v) is 24.0. The molecule has 0 bridgehead atoms. The molecule has 0 radical (unpaired) electrons. The van der Waals surface area contributed by atoms with E-state index in [0.717, 1.165) is 13.8 Å². The van der Waals surface area contributed by atoms with E-state index in [-0.39, 0.29) is 0 Å². The van der Waals surface area contributed by atoms with Gasteiger partial charge in [-0.2, -0.15) is 101 Å². The Labute approximate surface area is 265 Å². The van der Waals surface area contributed by atoms with Crippen LogP contribution in [0.1, 0.15) is 13.8 Å². The molecule has 0 N–H and O–H groups in total. The minimum atomic E-state index is -7.98. The maximum Gasteiger partial charge on any atom is 0.460 e. The summed E-state index contributed by atoms with van der Waals surface area (Å²) >= 11 is 0. The molecule has 4 nitrogen and oxygen atoms in total. The van der Waals surface area contributed by atoms with Crippen LogP contribution in [0.5, 0.6) is 0 Å². The first-order chi connectivity index (χ1) is 21.8. The second-order valence-electron chi connectivity index (χ2n) is 9.56. The molecular weight excluding hydrogens is 803 g/mol. The normalized spacial score (nSPS) is 14.8. The number of esters is 2. The molecule has 0 amide bonds. The highest BCUT2D eigenvalue weighted by Crippen LogP contribution is 2.61. The predicted octanol–water partition coefficient (Wildman–Crippen LogP) is 9.39. The highest BCUT2D eigenvalue weighted by Gasteiger charge is 2.91. The van der Waals surface area contributed by atoms with Crippen LogP contribution in [-0.2, 0) is 19.1 Å². The summed E-state index contributed by atoms with van der Waals surface area (Å²) in [6.07, 6.45) is -13.0. The van der Waals surface area contributed by atoms with E-state index in [4.69, 9.17) is 0 Å². The lowest BCUT2D eigenvalue weighted by atomic mass is 9.94. The topological polar surface area (TPSA) is 52.6 Å². The number of rotatable bonds is 15. The van der Waals surface area contributed by atoms with Crippen molar-refractivity contribution in [3.05, 3.63) is 24.3 Å². The van der Waals surface area contributed by atoms with Gasteiger partial charge in [-0.1, -0.05) is 13.2 Å². The third-order valence-electron chi connectivity index (χ3n) is 5.41. The van der Waals surface area contributed by atoms with Crippen molar-refractivity contribution in [2.24, 2.45) is 0 Å². The van der Waals surface area contributed by atoms with E-state index in [1.807, 2.05) is 0 Å². The number of halogens is 25. The molecule has 0 saturated heterocycles. The summed E-state index contributed by atoms with van der Waals surface area (Å²) < 4.78 is 325. The van der Waals surface area contributed by atoms with Crippen molar-refractivity contribution in [2.45, 2.75) is 85.7 Å². The summed E-state index contributed by atoms with van der Waals surface area (Å²) in [4.78, 5) is 21.5. The van der Waals surface area contributed by atoms with Crippen LogP contribution in [0.2, 0.25) is 0 Å². The lowest BCUT2D eigenvalue weighted by Crippen LogP contribution is -2.70. The molecular formula is C22H15F25O4. The number of carbonyl (C=O) groups excluding carboxylic acids is 2. The fourth-order valence-electron chi connectivity index (χ4n) is 2.32. The van der Waals surface area contributed by atoms with E-state index in [2.05, 4.69) is 22.6 Å². The average molecular weight is 818 g/mol. The third-order valence-corrected chi connectivity index (χ3v) is 5.41. The standard InChI is InChI=1S/C11H7F13O2.C11H8F12O2/c1-4(2)5(25)26-3-6(12,13)7(14,15)8(16,17)9(18,19)10(20,21)11(22,23)24;1-4(2)5(24)25-3-7(14,15)9(18,19)11(22,23)10(20,21)8(16,17)6(12)13/h1,3H2,2H3;6H,1,3H2,2H3. The molecule has 0 atom stereocenters. The molecule has 0 fully saturated rings. The van der Waals surface area contributed by atoms with Crippen molar-refractivity contribution in [2.75, 3.05) is 13.2 Å². The first kappa shape index (κ1) is 49.8. The number of hydrogen-bond acceptors (Lipinski definition) is 4. The van der Waals surface area contributed by atoms with Crippen molar-refractivity contribution >= 4 is 11.9 Å². The summed E-state index contributed by atoms with van der Waals surface area (Å²) in [7, 11) is 0. The van der Waals surface area contributed by atoms with Crippen LogP contribution in [0, 0.1) is 0 Å². The van der Waals surface area contributed by atoms with Gasteiger partial charge in [0.2, 0.25) is 0 Å². The Bertz CT molecular complexity index is 1280. The first-order valence-corrected chi connectivity index (χ1v) is 11.6. The first-order valence-electron chi connectivity index (χ1n) is 11.6. The van der Waals surface area contributed by atoms with Crippen LogP contribution in [0.25, 0.3) is 0 Å². The van der Waals surface area contributed by atoms with Crippen LogP contribution in [0.15, 0.2) is 24.3 Å². The Morgan fingerprint density at radius 1 is 0.451 bits per heavy atom. The fraction of sp³-hybridized carbons (Fsp3) is 0.727. The highest BCUT2D eigenvalue weighted by atomic mass is 19.4. The Morgan fingerprint density at radius 2 is 0.686 bits per heavy atom. The molecule has 302 valence electrons. The van der Waals surface area contributed by atoms with Crippen LogP contribution in [0.4, 0.5) is 110 Å². The van der Waals surface area contributed by atoms with Crippen molar-refractivity contribution in [1.29, 1.82) is 0 Å². The lowest BCUT2D eigenvalue weighted by Gasteiger charge is -2.39. The molecule has 0 unspecified atom stereocenters. The monoisotopic (exact) mass is 818 g/mol. The van der Waals surface area contributed by atoms with Gasteiger partial charge in [-0.3, -0.25) is 0 Å². The molecule has 51 heavy (non-hydrogen) atoms. The highest BCUT2D eigenvalue weighted by molar-refractivity contribution is 5.87. The third kappa shape index (κ3) is 8.66. The zero-order chi connectivity index (χ0) is 42.2. The predicted molar refractivity (Wildman–Crippen MR) is 113 cm³/mol. The van der Waals surface area contributed by atoms with Crippen molar-refractivity contribution in [3.63, 3.8) is 0 Å². The quantitative estimate of drug-likeness (QED) is 0.0940. The smallest absolute Gasteiger partial charge is 0.456 e. The molecule has 0 aliphatic heterocycles. The minimum absolute atomic E-state index is 0.680. The SMILES string of the molecule is C=C(C)C(=O)OCC(F)(F)C(F)(F)C(F)(F)C(F)(F)C(F)(F)C(F)(F)F.C=C(C)C(=O)OCC(F)(F)C(F)(F)C(F)(F)C(F)(F)C(F)(F)C(F)F. The molecule has 0 saturated carbocycles. The van der Waals surface area contributed by atoms with Gasteiger partial charge in [0.25, 0.3) is 0 Å². The second-order valence-corrected chi connectivity index (χ2v) is 9.56. The molecule has 0 aliphatic carbocycles. The van der Waals surface area contributed by atoms with Gasteiger partial charge < -0.3 is 9.47 Å². The largest absolute Gasteiger partial charge is 0.460 e. The van der Waals surface area contributed by atoms with Crippen LogP contribution >= 0.6 is 0 Å². The van der Waals surface area contributed by atoms with Crippen molar-refractivity contribution in [1.82, 2.24) is 0 Å². The molecule has 0 aromatic rings. The van der Waals surface area contributed by atoms with Gasteiger partial charge in [-0.15, -0.1) is 0 Å². The summed E-state index contributed by atoms with van der Waals surface area (Å²) in [5.74, 6) is -77.2. The Kier molecular flexibility index (Phi) is 14.2. The number of alkyl halides is 25. The molecule has 0 aromatic heterocycles. The van der Waals surface area contributed by atoms with Gasteiger partial charge in [0.05, 0.1) is 0 Å². The molecule has 29 heteroatoms. The summed E-state index contributed by atoms with van der Waals surface area (Å²) in [6, 6.07) is 0. The number of hydrogen-bond donors (Lipinski definition) is 0. The van der Waals surface area contributed by atoms with Gasteiger partial charge in [-0.05, 0) is 13.8 Å². The van der Waals surface area contributed by atoms with Crippen molar-refractivity contribution in [3.8, 4) is 0 Å². The van der Waals surface area contributed by atoms with Gasteiger partial charge in [0, 0.05) is 11.1 Å². The minimum Gasteiger partial charge on any atom is -0.456 e. The van der Waals surface area contributed by atoms with Gasteiger partial charge in [-0.25, -0.2) is 18.4 Å². The maximum atomic E-state index is 13.2. The van der Waals surface area contributed by atoms with Gasteiger partial charge in [0.1, 0.15) is 0 Å².